The molecule has 1 heterocycles. The van der Waals surface area contributed by atoms with Gasteiger partial charge in [-0.15, -0.1) is 0 Å². The van der Waals surface area contributed by atoms with Gasteiger partial charge in [-0.05, 0) is 18.9 Å². The summed E-state index contributed by atoms with van der Waals surface area (Å²) in [5.41, 5.74) is 0. The molecule has 0 amide bonds. The average molecular weight is 128 g/mol. The molecule has 0 aromatic heterocycles. The van der Waals surface area contributed by atoms with E-state index in [0.717, 1.165) is 13.0 Å². The van der Waals surface area contributed by atoms with Crippen LogP contribution in [0.2, 0.25) is 0 Å². The number of rotatable bonds is 2. The lowest BCUT2D eigenvalue weighted by atomic mass is 9.93. The Bertz CT molecular complexity index is 88.9. The van der Waals surface area contributed by atoms with Crippen molar-refractivity contribution in [2.75, 3.05) is 6.54 Å². The highest BCUT2D eigenvalue weighted by molar-refractivity contribution is 4.85. The smallest absolute Gasteiger partial charge is 0.111 e. The van der Waals surface area contributed by atoms with Gasteiger partial charge in [0.15, 0.2) is 0 Å². The Balaban J connectivity index is 2.23. The van der Waals surface area contributed by atoms with E-state index in [1.165, 1.54) is 0 Å². The van der Waals surface area contributed by atoms with Crippen LogP contribution < -0.4 is 5.32 Å². The normalized spacial score (nSPS) is 30.0. The summed E-state index contributed by atoms with van der Waals surface area (Å²) in [5.74, 6) is 0.280. The van der Waals surface area contributed by atoms with E-state index in [1.807, 2.05) is 13.8 Å². The minimum atomic E-state index is -0.390. The molecule has 2 heteroatoms. The minimum absolute atomic E-state index is 0.269. The molecule has 2 atom stereocenters. The third-order valence-corrected chi connectivity index (χ3v) is 1.92. The van der Waals surface area contributed by atoms with Crippen LogP contribution in [0, 0.1) is 5.92 Å². The molecule has 1 aliphatic rings. The van der Waals surface area contributed by atoms with E-state index in [2.05, 4.69) is 5.32 Å². The first-order valence-electron chi connectivity index (χ1n) is 3.61. The minimum Gasteiger partial charge on any atom is -0.311 e. The Morgan fingerprint density at radius 3 is 2.22 bits per heavy atom. The predicted octanol–water partition coefficient (Wildman–Crippen LogP) is 0.803. The van der Waals surface area contributed by atoms with Gasteiger partial charge >= 0.3 is 0 Å². The quantitative estimate of drug-likeness (QED) is 0.586. The first-order chi connectivity index (χ1) is 4.22. The zero-order chi connectivity index (χ0) is 6.85. The third-order valence-electron chi connectivity index (χ3n) is 1.92. The Morgan fingerprint density at radius 2 is 2.11 bits per heavy atom. The molecule has 0 aromatic rings. The van der Waals surface area contributed by atoms with Crippen molar-refractivity contribution >= 4 is 0 Å². The van der Waals surface area contributed by atoms with Gasteiger partial charge in [-0.2, -0.15) is 0 Å². The van der Waals surface area contributed by atoms with Gasteiger partial charge in [0.1, 0.15) is 6.10 Å². The Hall–Kier alpha value is -0.0800. The molecule has 0 saturated carbocycles. The predicted molar refractivity (Wildman–Crippen MR) is 35.7 cm³/mol. The lowest BCUT2D eigenvalue weighted by molar-refractivity contribution is -0.00204. The van der Waals surface area contributed by atoms with Crippen molar-refractivity contribution in [3.05, 3.63) is 0 Å². The third kappa shape index (κ3) is 1.43. The van der Waals surface area contributed by atoms with Crippen molar-refractivity contribution in [2.45, 2.75) is 32.4 Å². The highest BCUT2D eigenvalue weighted by Crippen LogP contribution is 2.14. The summed E-state index contributed by atoms with van der Waals surface area (Å²) in [7, 11) is 0. The van der Waals surface area contributed by atoms with Gasteiger partial charge in [0.2, 0.25) is 0 Å². The van der Waals surface area contributed by atoms with Crippen molar-refractivity contribution in [1.82, 2.24) is 5.32 Å². The first-order valence-corrected chi connectivity index (χ1v) is 3.61. The van der Waals surface area contributed by atoms with Crippen LogP contribution in [0.3, 0.4) is 0 Å². The van der Waals surface area contributed by atoms with Crippen molar-refractivity contribution < 1.29 is 5.11 Å². The maximum absolute atomic E-state index is 11.1. The van der Waals surface area contributed by atoms with Crippen LogP contribution in [0.5, 0.6) is 0 Å². The zero-order valence-corrected chi connectivity index (χ0v) is 6.05. The summed E-state index contributed by atoms with van der Waals surface area (Å²) in [4.78, 5) is 0. The zero-order valence-electron chi connectivity index (χ0n) is 6.05. The molecule has 1 fully saturated rings. The molecule has 1 saturated heterocycles. The summed E-state index contributed by atoms with van der Waals surface area (Å²) < 4.78 is 0. The van der Waals surface area contributed by atoms with E-state index in [-0.39, 0.29) is 12.0 Å². The van der Waals surface area contributed by atoms with Crippen LogP contribution in [0.1, 0.15) is 20.3 Å². The van der Waals surface area contributed by atoms with Crippen LogP contribution in [0.4, 0.5) is 0 Å². The monoisotopic (exact) mass is 128 g/mol. The van der Waals surface area contributed by atoms with E-state index in [4.69, 9.17) is 0 Å². The van der Waals surface area contributed by atoms with E-state index >= 15 is 0 Å². The second-order valence-corrected chi connectivity index (χ2v) is 3.06. The van der Waals surface area contributed by atoms with Crippen molar-refractivity contribution in [2.24, 2.45) is 5.92 Å². The molecule has 2 unspecified atom stereocenters. The Labute approximate surface area is 56.3 Å². The molecule has 1 N–H and O–H groups in total. The maximum atomic E-state index is 11.1. The number of hydrogen-bond donors (Lipinski definition) is 1. The van der Waals surface area contributed by atoms with E-state index in [1.54, 1.807) is 0 Å². The molecular weight excluding hydrogens is 114 g/mol. The van der Waals surface area contributed by atoms with E-state index in [0.29, 0.717) is 0 Å². The molecule has 9 heavy (non-hydrogen) atoms. The summed E-state index contributed by atoms with van der Waals surface area (Å²) in [6.07, 6.45) is 0.686. The lowest BCUT2D eigenvalue weighted by Gasteiger charge is -2.32. The average Bonchev–Trinajstić information content (AvgIpc) is 1.60. The Morgan fingerprint density at radius 1 is 1.56 bits per heavy atom. The van der Waals surface area contributed by atoms with Gasteiger partial charge in [0.25, 0.3) is 0 Å². The summed E-state index contributed by atoms with van der Waals surface area (Å²) in [5, 5.41) is 14.3. The van der Waals surface area contributed by atoms with Gasteiger partial charge < -0.3 is 5.32 Å². The molecule has 0 aliphatic carbocycles. The van der Waals surface area contributed by atoms with Gasteiger partial charge in [-0.1, -0.05) is 13.8 Å². The molecule has 1 rings (SSSR count). The Kier molecular flexibility index (Phi) is 2.09. The second-order valence-electron chi connectivity index (χ2n) is 3.06. The SMILES string of the molecule is CC(C)C([O])C1CCN1. The summed E-state index contributed by atoms with van der Waals surface area (Å²) in [6.45, 7) is 5.01. The standard InChI is InChI=1S/C7H14NO/c1-5(2)7(9)6-3-4-8-6/h5-8H,3-4H2,1-2H3. The highest BCUT2D eigenvalue weighted by atomic mass is 16.3. The van der Waals surface area contributed by atoms with Crippen LogP contribution in [0.25, 0.3) is 0 Å². The van der Waals surface area contributed by atoms with Crippen LogP contribution in [-0.2, 0) is 5.11 Å². The highest BCUT2D eigenvalue weighted by Gasteiger charge is 2.28. The summed E-state index contributed by atoms with van der Waals surface area (Å²) >= 11 is 0. The van der Waals surface area contributed by atoms with Crippen LogP contribution in [0.15, 0.2) is 0 Å². The largest absolute Gasteiger partial charge is 0.311 e. The molecule has 0 aromatic carbocycles. The molecule has 0 bridgehead atoms. The fraction of sp³-hybridized carbons (Fsp3) is 1.00. The van der Waals surface area contributed by atoms with E-state index < -0.39 is 6.10 Å². The second kappa shape index (κ2) is 2.67. The lowest BCUT2D eigenvalue weighted by Crippen LogP contribution is -2.51. The fourth-order valence-corrected chi connectivity index (χ4v) is 1.06. The van der Waals surface area contributed by atoms with Crippen LogP contribution >= 0.6 is 0 Å². The molecule has 2 nitrogen and oxygen atoms in total. The molecule has 0 spiro atoms. The van der Waals surface area contributed by atoms with Crippen molar-refractivity contribution in [1.29, 1.82) is 0 Å². The van der Waals surface area contributed by atoms with Gasteiger partial charge in [-0.3, -0.25) is 0 Å². The first kappa shape index (κ1) is 7.03. The van der Waals surface area contributed by atoms with Gasteiger partial charge in [0.05, 0.1) is 0 Å². The number of hydrogen-bond acceptors (Lipinski definition) is 1. The molecule has 1 aliphatic heterocycles. The van der Waals surface area contributed by atoms with Gasteiger partial charge in [0, 0.05) is 6.04 Å². The van der Waals surface area contributed by atoms with Crippen molar-refractivity contribution in [3.63, 3.8) is 0 Å². The summed E-state index contributed by atoms with van der Waals surface area (Å²) in [6, 6.07) is 0.269. The van der Waals surface area contributed by atoms with Gasteiger partial charge in [-0.25, -0.2) is 5.11 Å². The maximum Gasteiger partial charge on any atom is 0.111 e. The molecule has 1 radical (unpaired) electrons. The van der Waals surface area contributed by atoms with Crippen molar-refractivity contribution in [3.8, 4) is 0 Å². The van der Waals surface area contributed by atoms with Crippen LogP contribution in [-0.4, -0.2) is 18.7 Å². The molecule has 53 valence electrons. The topological polar surface area (TPSA) is 31.9 Å². The van der Waals surface area contributed by atoms with E-state index in [9.17, 15) is 5.11 Å². The number of nitrogens with one attached hydrogen (secondary N) is 1. The molecular formula is C7H14NO. The fourth-order valence-electron chi connectivity index (χ4n) is 1.06.